The molecular formula is C26H26N2O2. The fourth-order valence-electron chi connectivity index (χ4n) is 3.44. The van der Waals surface area contributed by atoms with E-state index in [0.29, 0.717) is 5.70 Å². The average molecular weight is 399 g/mol. The van der Waals surface area contributed by atoms with Gasteiger partial charge in [-0.3, -0.25) is 14.5 Å². The Kier molecular flexibility index (Phi) is 5.88. The molecule has 0 saturated heterocycles. The van der Waals surface area contributed by atoms with E-state index in [1.807, 2.05) is 48.5 Å². The van der Waals surface area contributed by atoms with Gasteiger partial charge in [0.1, 0.15) is 0 Å². The van der Waals surface area contributed by atoms with E-state index in [0.717, 1.165) is 22.5 Å². The van der Waals surface area contributed by atoms with Crippen LogP contribution in [-0.4, -0.2) is 18.9 Å². The molecule has 1 aliphatic heterocycles. The Bertz CT molecular complexity index is 1020. The first kappa shape index (κ1) is 21.1. The Hall–Kier alpha value is -3.66. The molecule has 2 aromatic carbocycles. The molecule has 0 radical (unpaired) electrons. The maximum Gasteiger partial charge on any atom is 0.255 e. The summed E-state index contributed by atoms with van der Waals surface area (Å²) >= 11 is 0. The second kappa shape index (κ2) is 8.37. The van der Waals surface area contributed by atoms with E-state index in [1.54, 1.807) is 35.1 Å². The van der Waals surface area contributed by atoms with E-state index in [2.05, 4.69) is 27.0 Å². The lowest BCUT2D eigenvalue weighted by Crippen LogP contribution is -2.25. The predicted octanol–water partition coefficient (Wildman–Crippen LogP) is 5.13. The largest absolute Gasteiger partial charge is 0.312 e. The molecular weight excluding hydrogens is 372 g/mol. The summed E-state index contributed by atoms with van der Waals surface area (Å²) in [5, 5.41) is 0. The van der Waals surface area contributed by atoms with Crippen LogP contribution in [0.25, 0.3) is 0 Å². The van der Waals surface area contributed by atoms with Gasteiger partial charge in [-0.1, -0.05) is 63.4 Å². The predicted molar refractivity (Wildman–Crippen MR) is 124 cm³/mol. The first-order chi connectivity index (χ1) is 14.3. The van der Waals surface area contributed by atoms with Gasteiger partial charge in [-0.2, -0.15) is 0 Å². The molecule has 2 aromatic rings. The van der Waals surface area contributed by atoms with Crippen LogP contribution in [0.2, 0.25) is 0 Å². The zero-order chi connectivity index (χ0) is 21.9. The summed E-state index contributed by atoms with van der Waals surface area (Å²) in [4.78, 5) is 27.4. The van der Waals surface area contributed by atoms with Crippen LogP contribution in [0.4, 0.5) is 11.4 Å². The van der Waals surface area contributed by atoms with Gasteiger partial charge in [0, 0.05) is 41.7 Å². The Morgan fingerprint density at radius 3 is 2.07 bits per heavy atom. The number of anilines is 2. The van der Waals surface area contributed by atoms with Crippen molar-refractivity contribution >= 4 is 23.2 Å². The third-order valence-electron chi connectivity index (χ3n) is 5.45. The molecule has 0 bridgehead atoms. The molecule has 1 heterocycles. The molecule has 0 aliphatic carbocycles. The van der Waals surface area contributed by atoms with Gasteiger partial charge in [0.2, 0.25) is 0 Å². The SMILES string of the molecule is C=C/C=C\C(=O)N(C)c1ccc(C(C)(C)c2ccc(N3C(=C)C=CC3=O)cc2)cc1. The van der Waals surface area contributed by atoms with Crippen molar-refractivity contribution in [2.45, 2.75) is 19.3 Å². The smallest absolute Gasteiger partial charge is 0.255 e. The van der Waals surface area contributed by atoms with Crippen molar-refractivity contribution in [3.63, 3.8) is 0 Å². The summed E-state index contributed by atoms with van der Waals surface area (Å²) in [5.41, 5.74) is 4.31. The summed E-state index contributed by atoms with van der Waals surface area (Å²) in [6.45, 7) is 11.8. The number of nitrogens with zero attached hydrogens (tertiary/aromatic N) is 2. The van der Waals surface area contributed by atoms with E-state index < -0.39 is 0 Å². The lowest BCUT2D eigenvalue weighted by Gasteiger charge is -2.28. The number of carbonyl (C=O) groups excluding carboxylic acids is 2. The van der Waals surface area contributed by atoms with Crippen LogP contribution in [-0.2, 0) is 15.0 Å². The highest BCUT2D eigenvalue weighted by atomic mass is 16.2. The van der Waals surface area contributed by atoms with Crippen molar-refractivity contribution in [2.24, 2.45) is 0 Å². The molecule has 0 aromatic heterocycles. The van der Waals surface area contributed by atoms with E-state index in [4.69, 9.17) is 0 Å². The number of carbonyl (C=O) groups is 2. The molecule has 152 valence electrons. The number of hydrogen-bond donors (Lipinski definition) is 0. The lowest BCUT2D eigenvalue weighted by molar-refractivity contribution is -0.114. The fourth-order valence-corrected chi connectivity index (χ4v) is 3.44. The maximum atomic E-state index is 12.1. The quantitative estimate of drug-likeness (QED) is 0.500. The molecule has 0 spiro atoms. The van der Waals surface area contributed by atoms with Crippen molar-refractivity contribution in [1.82, 2.24) is 0 Å². The van der Waals surface area contributed by atoms with Gasteiger partial charge >= 0.3 is 0 Å². The summed E-state index contributed by atoms with van der Waals surface area (Å²) in [6.07, 6.45) is 7.94. The van der Waals surface area contributed by atoms with Crippen molar-refractivity contribution in [1.29, 1.82) is 0 Å². The molecule has 0 saturated carbocycles. The minimum atomic E-state index is -0.243. The van der Waals surface area contributed by atoms with Crippen LogP contribution in [0.15, 0.2) is 97.8 Å². The van der Waals surface area contributed by atoms with Gasteiger partial charge in [0.05, 0.1) is 0 Å². The summed E-state index contributed by atoms with van der Waals surface area (Å²) in [5.74, 6) is -0.186. The number of rotatable bonds is 6. The standard InChI is InChI=1S/C26H26N2O2/c1-6-7-8-24(29)27(5)22-14-10-20(11-15-22)26(3,4)21-12-16-23(17-13-21)28-19(2)9-18-25(28)30/h6-18H,1-2H2,3-5H3/b8-7-. The highest BCUT2D eigenvalue weighted by Gasteiger charge is 2.25. The number of amides is 2. The second-order valence-electron chi connectivity index (χ2n) is 7.71. The minimum Gasteiger partial charge on any atom is -0.312 e. The van der Waals surface area contributed by atoms with E-state index in [9.17, 15) is 9.59 Å². The molecule has 4 nitrogen and oxygen atoms in total. The molecule has 0 unspecified atom stereocenters. The molecule has 30 heavy (non-hydrogen) atoms. The number of allylic oxidation sites excluding steroid dienone is 3. The van der Waals surface area contributed by atoms with Crippen molar-refractivity contribution in [3.8, 4) is 0 Å². The second-order valence-corrected chi connectivity index (χ2v) is 7.71. The summed E-state index contributed by atoms with van der Waals surface area (Å²) in [7, 11) is 1.75. The van der Waals surface area contributed by atoms with Crippen molar-refractivity contribution < 1.29 is 9.59 Å². The van der Waals surface area contributed by atoms with Gasteiger partial charge in [0.15, 0.2) is 0 Å². The monoisotopic (exact) mass is 398 g/mol. The van der Waals surface area contributed by atoms with Crippen LogP contribution in [0.3, 0.4) is 0 Å². The third kappa shape index (κ3) is 4.03. The minimum absolute atomic E-state index is 0.0794. The topological polar surface area (TPSA) is 40.6 Å². The lowest BCUT2D eigenvalue weighted by atomic mass is 9.78. The summed E-state index contributed by atoms with van der Waals surface area (Å²) < 4.78 is 0. The molecule has 3 rings (SSSR count). The van der Waals surface area contributed by atoms with Crippen LogP contribution in [0.1, 0.15) is 25.0 Å². The van der Waals surface area contributed by atoms with Gasteiger partial charge < -0.3 is 4.90 Å². The van der Waals surface area contributed by atoms with E-state index >= 15 is 0 Å². The van der Waals surface area contributed by atoms with Crippen LogP contribution >= 0.6 is 0 Å². The highest BCUT2D eigenvalue weighted by Crippen LogP contribution is 2.34. The fraction of sp³-hybridized carbons (Fsp3) is 0.154. The Labute approximate surface area is 178 Å². The average Bonchev–Trinajstić information content (AvgIpc) is 3.09. The Morgan fingerprint density at radius 2 is 1.57 bits per heavy atom. The molecule has 2 amide bonds. The number of likely N-dealkylation sites (N-methyl/N-ethyl adjacent to an activating group) is 1. The van der Waals surface area contributed by atoms with Crippen molar-refractivity contribution in [3.05, 3.63) is 109 Å². The first-order valence-corrected chi connectivity index (χ1v) is 9.74. The van der Waals surface area contributed by atoms with Crippen LogP contribution in [0, 0.1) is 0 Å². The van der Waals surface area contributed by atoms with E-state index in [-0.39, 0.29) is 17.2 Å². The highest BCUT2D eigenvalue weighted by molar-refractivity contribution is 6.07. The Morgan fingerprint density at radius 1 is 1.00 bits per heavy atom. The van der Waals surface area contributed by atoms with Gasteiger partial charge in [0.25, 0.3) is 11.8 Å². The van der Waals surface area contributed by atoms with Gasteiger partial charge in [-0.15, -0.1) is 0 Å². The summed E-state index contributed by atoms with van der Waals surface area (Å²) in [6, 6.07) is 15.9. The first-order valence-electron chi connectivity index (χ1n) is 9.74. The molecule has 0 atom stereocenters. The van der Waals surface area contributed by atoms with E-state index in [1.165, 1.54) is 12.2 Å². The molecule has 4 heteroatoms. The third-order valence-corrected chi connectivity index (χ3v) is 5.45. The molecule has 0 fully saturated rings. The zero-order valence-electron chi connectivity index (χ0n) is 17.6. The Balaban J connectivity index is 1.80. The zero-order valence-corrected chi connectivity index (χ0v) is 17.6. The van der Waals surface area contributed by atoms with Gasteiger partial charge in [-0.05, 0) is 41.5 Å². The van der Waals surface area contributed by atoms with Gasteiger partial charge in [-0.25, -0.2) is 0 Å². The van der Waals surface area contributed by atoms with Crippen LogP contribution in [0.5, 0.6) is 0 Å². The molecule has 1 aliphatic rings. The number of benzene rings is 2. The van der Waals surface area contributed by atoms with Crippen molar-refractivity contribution in [2.75, 3.05) is 16.8 Å². The normalized spacial score (nSPS) is 13.9. The molecule has 0 N–H and O–H groups in total. The number of hydrogen-bond acceptors (Lipinski definition) is 2. The maximum absolute atomic E-state index is 12.1. The van der Waals surface area contributed by atoms with Crippen LogP contribution < -0.4 is 9.80 Å².